The topological polar surface area (TPSA) is 49.4 Å². The first-order valence-corrected chi connectivity index (χ1v) is 6.41. The van der Waals surface area contributed by atoms with Crippen LogP contribution in [0.15, 0.2) is 23.1 Å². The molecule has 1 aromatic carbocycles. The predicted octanol–water partition coefficient (Wildman–Crippen LogP) is 2.10. The molecule has 2 rings (SSSR count). The van der Waals surface area contributed by atoms with E-state index in [4.69, 9.17) is 0 Å². The van der Waals surface area contributed by atoms with Gasteiger partial charge in [-0.1, -0.05) is 0 Å². The van der Waals surface area contributed by atoms with E-state index in [1.807, 2.05) is 32.0 Å². The molecule has 0 saturated heterocycles. The summed E-state index contributed by atoms with van der Waals surface area (Å²) in [4.78, 5) is 25.2. The molecule has 1 N–H and O–H groups in total. The van der Waals surface area contributed by atoms with Crippen LogP contribution < -0.4 is 10.2 Å². The van der Waals surface area contributed by atoms with Crippen molar-refractivity contribution in [3.05, 3.63) is 18.2 Å². The van der Waals surface area contributed by atoms with Gasteiger partial charge >= 0.3 is 0 Å². The standard InChI is InChI=1S/C12H14N2O2S/c1-8(2)14-10-5-9(13-7-15)3-4-11(10)17-6-12(14)16/h3-5,7-8H,6H2,1-2H3,(H,13,15). The van der Waals surface area contributed by atoms with Crippen LogP contribution in [0, 0.1) is 0 Å². The summed E-state index contributed by atoms with van der Waals surface area (Å²) in [6, 6.07) is 5.74. The SMILES string of the molecule is CC(C)N1C(=O)CSc2ccc(NC=O)cc21. The fraction of sp³-hybridized carbons (Fsp3) is 0.333. The Kier molecular flexibility index (Phi) is 3.38. The zero-order chi connectivity index (χ0) is 12.4. The minimum absolute atomic E-state index is 0.112. The van der Waals surface area contributed by atoms with Crippen LogP contribution in [-0.4, -0.2) is 24.1 Å². The highest BCUT2D eigenvalue weighted by Crippen LogP contribution is 2.38. The van der Waals surface area contributed by atoms with Crippen LogP contribution in [0.2, 0.25) is 0 Å². The Morgan fingerprint density at radius 1 is 1.47 bits per heavy atom. The molecule has 90 valence electrons. The van der Waals surface area contributed by atoms with Crippen molar-refractivity contribution in [3.63, 3.8) is 0 Å². The van der Waals surface area contributed by atoms with Crippen molar-refractivity contribution in [1.29, 1.82) is 0 Å². The van der Waals surface area contributed by atoms with Gasteiger partial charge in [-0.05, 0) is 32.0 Å². The highest BCUT2D eigenvalue weighted by atomic mass is 32.2. The first kappa shape index (κ1) is 12.0. The van der Waals surface area contributed by atoms with Gasteiger partial charge in [-0.3, -0.25) is 9.59 Å². The van der Waals surface area contributed by atoms with E-state index in [1.165, 1.54) is 11.8 Å². The van der Waals surface area contributed by atoms with Crippen LogP contribution in [0.4, 0.5) is 11.4 Å². The van der Waals surface area contributed by atoms with E-state index >= 15 is 0 Å². The van der Waals surface area contributed by atoms with Crippen LogP contribution in [0.5, 0.6) is 0 Å². The maximum atomic E-state index is 11.9. The van der Waals surface area contributed by atoms with Gasteiger partial charge in [0.1, 0.15) is 0 Å². The zero-order valence-electron chi connectivity index (χ0n) is 9.77. The first-order valence-electron chi connectivity index (χ1n) is 5.42. The normalized spacial score (nSPS) is 14.8. The lowest BCUT2D eigenvalue weighted by molar-refractivity contribution is -0.116. The molecule has 0 bridgehead atoms. The molecule has 0 fully saturated rings. The van der Waals surface area contributed by atoms with Crippen LogP contribution >= 0.6 is 11.8 Å². The number of fused-ring (bicyclic) bond motifs is 1. The molecule has 5 heteroatoms. The fourth-order valence-electron chi connectivity index (χ4n) is 1.90. The van der Waals surface area contributed by atoms with Gasteiger partial charge < -0.3 is 10.2 Å². The third kappa shape index (κ3) is 2.29. The molecule has 0 unspecified atom stereocenters. The van der Waals surface area contributed by atoms with Crippen LogP contribution in [0.1, 0.15) is 13.8 Å². The Morgan fingerprint density at radius 2 is 2.24 bits per heavy atom. The summed E-state index contributed by atoms with van der Waals surface area (Å²) in [7, 11) is 0. The first-order chi connectivity index (χ1) is 8.13. The summed E-state index contributed by atoms with van der Waals surface area (Å²) in [5, 5.41) is 2.60. The van der Waals surface area contributed by atoms with Gasteiger partial charge in [-0.25, -0.2) is 0 Å². The lowest BCUT2D eigenvalue weighted by Crippen LogP contribution is -2.40. The molecule has 0 aliphatic carbocycles. The second-order valence-corrected chi connectivity index (χ2v) is 5.11. The van der Waals surface area contributed by atoms with E-state index in [-0.39, 0.29) is 11.9 Å². The van der Waals surface area contributed by atoms with Gasteiger partial charge in [0.15, 0.2) is 0 Å². The Hall–Kier alpha value is -1.49. The quantitative estimate of drug-likeness (QED) is 0.836. The minimum Gasteiger partial charge on any atom is -0.329 e. The number of nitrogens with zero attached hydrogens (tertiary/aromatic N) is 1. The molecule has 1 aliphatic rings. The van der Waals surface area contributed by atoms with E-state index in [0.717, 1.165) is 10.6 Å². The third-order valence-electron chi connectivity index (χ3n) is 2.58. The number of thioether (sulfide) groups is 1. The molecule has 0 radical (unpaired) electrons. The van der Waals surface area contributed by atoms with Crippen molar-refractivity contribution < 1.29 is 9.59 Å². The van der Waals surface area contributed by atoms with Crippen molar-refractivity contribution in [2.24, 2.45) is 0 Å². The Morgan fingerprint density at radius 3 is 2.88 bits per heavy atom. The van der Waals surface area contributed by atoms with Crippen LogP contribution in [0.25, 0.3) is 0 Å². The van der Waals surface area contributed by atoms with Gasteiger partial charge in [0.2, 0.25) is 12.3 Å². The molecule has 1 aliphatic heterocycles. The molecule has 1 heterocycles. The molecule has 1 aromatic rings. The number of hydrogen-bond acceptors (Lipinski definition) is 3. The zero-order valence-corrected chi connectivity index (χ0v) is 10.6. The molecule has 0 aromatic heterocycles. The molecule has 0 spiro atoms. The highest BCUT2D eigenvalue weighted by molar-refractivity contribution is 8.00. The average molecular weight is 250 g/mol. The molecule has 4 nitrogen and oxygen atoms in total. The van der Waals surface area contributed by atoms with E-state index in [2.05, 4.69) is 5.32 Å². The molecule has 17 heavy (non-hydrogen) atoms. The van der Waals surface area contributed by atoms with Crippen molar-refractivity contribution in [1.82, 2.24) is 0 Å². The minimum atomic E-state index is 0.112. The van der Waals surface area contributed by atoms with Crippen molar-refractivity contribution in [2.45, 2.75) is 24.8 Å². The number of hydrogen-bond donors (Lipinski definition) is 1. The highest BCUT2D eigenvalue weighted by Gasteiger charge is 2.26. The smallest absolute Gasteiger partial charge is 0.237 e. The number of anilines is 2. The summed E-state index contributed by atoms with van der Waals surface area (Å²) in [5.74, 6) is 0.590. The van der Waals surface area contributed by atoms with Gasteiger partial charge in [-0.2, -0.15) is 0 Å². The van der Waals surface area contributed by atoms with Crippen LogP contribution in [-0.2, 0) is 9.59 Å². The lowest BCUT2D eigenvalue weighted by atomic mass is 10.2. The van der Waals surface area contributed by atoms with Crippen molar-refractivity contribution in [2.75, 3.05) is 16.0 Å². The van der Waals surface area contributed by atoms with Gasteiger partial charge in [0.25, 0.3) is 0 Å². The molecule has 0 saturated carbocycles. The van der Waals surface area contributed by atoms with Gasteiger partial charge in [0, 0.05) is 16.6 Å². The third-order valence-corrected chi connectivity index (χ3v) is 3.63. The van der Waals surface area contributed by atoms with E-state index < -0.39 is 0 Å². The largest absolute Gasteiger partial charge is 0.329 e. The monoisotopic (exact) mass is 250 g/mol. The average Bonchev–Trinajstić information content (AvgIpc) is 2.28. The number of rotatable bonds is 3. The summed E-state index contributed by atoms with van der Waals surface area (Å²) in [6.45, 7) is 3.97. The Labute approximate surface area is 104 Å². The summed E-state index contributed by atoms with van der Waals surface area (Å²) < 4.78 is 0. The lowest BCUT2D eigenvalue weighted by Gasteiger charge is -2.32. The fourth-order valence-corrected chi connectivity index (χ4v) is 2.78. The number of benzene rings is 1. The second-order valence-electron chi connectivity index (χ2n) is 4.09. The predicted molar refractivity (Wildman–Crippen MR) is 69.5 cm³/mol. The molecular weight excluding hydrogens is 236 g/mol. The van der Waals surface area contributed by atoms with E-state index in [0.29, 0.717) is 17.9 Å². The van der Waals surface area contributed by atoms with Crippen molar-refractivity contribution >= 4 is 35.5 Å². The number of nitrogens with one attached hydrogen (secondary N) is 1. The molecular formula is C12H14N2O2S. The molecule has 2 amide bonds. The molecule has 0 atom stereocenters. The van der Waals surface area contributed by atoms with Gasteiger partial charge in [-0.15, -0.1) is 11.8 Å². The second kappa shape index (κ2) is 4.79. The Bertz CT molecular complexity index is 460. The van der Waals surface area contributed by atoms with Crippen LogP contribution in [0.3, 0.4) is 0 Å². The number of carbonyl (C=O) groups excluding carboxylic acids is 2. The summed E-state index contributed by atoms with van der Waals surface area (Å²) >= 11 is 1.54. The summed E-state index contributed by atoms with van der Waals surface area (Å²) in [5.41, 5.74) is 1.59. The number of amides is 2. The van der Waals surface area contributed by atoms with Gasteiger partial charge in [0.05, 0.1) is 11.4 Å². The maximum absolute atomic E-state index is 11.9. The van der Waals surface area contributed by atoms with Crippen molar-refractivity contribution in [3.8, 4) is 0 Å². The maximum Gasteiger partial charge on any atom is 0.237 e. The Balaban J connectivity index is 2.44. The van der Waals surface area contributed by atoms with E-state index in [9.17, 15) is 9.59 Å². The van der Waals surface area contributed by atoms with E-state index in [1.54, 1.807) is 4.90 Å². The summed E-state index contributed by atoms with van der Waals surface area (Å²) in [6.07, 6.45) is 0.638. The number of carbonyl (C=O) groups is 2.